The molecule has 0 aromatic heterocycles. The normalized spacial score (nSPS) is 11.8. The summed E-state index contributed by atoms with van der Waals surface area (Å²) in [5.74, 6) is 1.24. The first-order valence-electron chi connectivity index (χ1n) is 7.33. The van der Waals surface area contributed by atoms with E-state index < -0.39 is 0 Å². The lowest BCUT2D eigenvalue weighted by molar-refractivity contribution is 0.311. The van der Waals surface area contributed by atoms with Crippen LogP contribution in [0.25, 0.3) is 10.8 Å². The van der Waals surface area contributed by atoms with E-state index in [0.29, 0.717) is 5.75 Å². The molecule has 0 fully saturated rings. The van der Waals surface area contributed by atoms with Gasteiger partial charge in [-0.1, -0.05) is 58.4 Å². The van der Waals surface area contributed by atoms with Crippen LogP contribution in [-0.2, 0) is 5.41 Å². The minimum Gasteiger partial charge on any atom is -0.507 e. The van der Waals surface area contributed by atoms with Gasteiger partial charge in [-0.15, -0.1) is 0 Å². The van der Waals surface area contributed by atoms with Crippen molar-refractivity contribution in [2.75, 3.05) is 6.61 Å². The average Bonchev–Trinajstić information content (AvgIpc) is 2.40. The third kappa shape index (κ3) is 2.90. The molecule has 108 valence electrons. The number of rotatable bonds is 4. The van der Waals surface area contributed by atoms with E-state index >= 15 is 0 Å². The summed E-state index contributed by atoms with van der Waals surface area (Å²) < 4.78 is 5.94. The van der Waals surface area contributed by atoms with Crippen molar-refractivity contribution in [2.45, 2.75) is 46.0 Å². The lowest BCUT2D eigenvalue weighted by atomic mass is 9.84. The molecule has 0 heterocycles. The Morgan fingerprint density at radius 1 is 1.10 bits per heavy atom. The van der Waals surface area contributed by atoms with Crippen molar-refractivity contribution in [3.8, 4) is 11.5 Å². The van der Waals surface area contributed by atoms with Gasteiger partial charge in [-0.3, -0.25) is 0 Å². The number of hydrogen-bond donors (Lipinski definition) is 1. The first kappa shape index (κ1) is 14.7. The Morgan fingerprint density at radius 3 is 2.35 bits per heavy atom. The number of fused-ring (bicyclic) bond motifs is 1. The summed E-state index contributed by atoms with van der Waals surface area (Å²) in [5, 5.41) is 12.4. The molecule has 0 amide bonds. The first-order chi connectivity index (χ1) is 9.45. The van der Waals surface area contributed by atoms with Crippen LogP contribution < -0.4 is 4.74 Å². The molecule has 2 nitrogen and oxygen atoms in total. The molecule has 0 saturated heterocycles. The van der Waals surface area contributed by atoms with Crippen molar-refractivity contribution in [1.82, 2.24) is 0 Å². The van der Waals surface area contributed by atoms with Crippen molar-refractivity contribution < 1.29 is 9.84 Å². The van der Waals surface area contributed by atoms with Gasteiger partial charge >= 0.3 is 0 Å². The van der Waals surface area contributed by atoms with Gasteiger partial charge in [0.2, 0.25) is 0 Å². The zero-order valence-electron chi connectivity index (χ0n) is 12.9. The Kier molecular flexibility index (Phi) is 4.22. The maximum absolute atomic E-state index is 10.5. The summed E-state index contributed by atoms with van der Waals surface area (Å²) in [5.41, 5.74) is 0.819. The molecule has 0 aliphatic heterocycles. The second-order valence-corrected chi connectivity index (χ2v) is 6.27. The van der Waals surface area contributed by atoms with E-state index in [1.54, 1.807) is 0 Å². The molecule has 0 atom stereocenters. The third-order valence-electron chi connectivity index (χ3n) is 3.54. The van der Waals surface area contributed by atoms with Crippen LogP contribution in [0.1, 0.15) is 46.1 Å². The predicted molar refractivity (Wildman–Crippen MR) is 84.7 cm³/mol. The highest BCUT2D eigenvalue weighted by Crippen LogP contribution is 2.41. The summed E-state index contributed by atoms with van der Waals surface area (Å²) in [4.78, 5) is 0. The summed E-state index contributed by atoms with van der Waals surface area (Å²) in [7, 11) is 0. The number of phenols is 1. The Labute approximate surface area is 121 Å². The smallest absolute Gasteiger partial charge is 0.127 e. The second kappa shape index (κ2) is 5.74. The highest BCUT2D eigenvalue weighted by molar-refractivity contribution is 5.94. The van der Waals surface area contributed by atoms with Gasteiger partial charge in [-0.2, -0.15) is 0 Å². The van der Waals surface area contributed by atoms with Crippen LogP contribution in [0.2, 0.25) is 0 Å². The van der Waals surface area contributed by atoms with Gasteiger partial charge in [-0.05, 0) is 17.9 Å². The monoisotopic (exact) mass is 272 g/mol. The number of hydrogen-bond acceptors (Lipinski definition) is 2. The van der Waals surface area contributed by atoms with Gasteiger partial charge < -0.3 is 9.84 Å². The number of phenolic OH excluding ortho intramolecular Hbond substituents is 1. The third-order valence-corrected chi connectivity index (χ3v) is 3.54. The lowest BCUT2D eigenvalue weighted by Gasteiger charge is -2.23. The second-order valence-electron chi connectivity index (χ2n) is 6.27. The molecule has 0 aliphatic carbocycles. The minimum absolute atomic E-state index is 0.114. The molecular formula is C18H24O2. The van der Waals surface area contributed by atoms with Gasteiger partial charge in [0.25, 0.3) is 0 Å². The van der Waals surface area contributed by atoms with Crippen LogP contribution in [-0.4, -0.2) is 11.7 Å². The average molecular weight is 272 g/mol. The molecule has 2 rings (SSSR count). The number of ether oxygens (including phenoxy) is 1. The molecule has 0 spiro atoms. The van der Waals surface area contributed by atoms with Crippen molar-refractivity contribution in [2.24, 2.45) is 0 Å². The van der Waals surface area contributed by atoms with E-state index in [0.717, 1.165) is 41.5 Å². The fraction of sp³-hybridized carbons (Fsp3) is 0.444. The zero-order chi connectivity index (χ0) is 14.8. The molecule has 1 N–H and O–H groups in total. The zero-order valence-corrected chi connectivity index (χ0v) is 12.9. The first-order valence-corrected chi connectivity index (χ1v) is 7.33. The van der Waals surface area contributed by atoms with Crippen LogP contribution in [0, 0.1) is 0 Å². The molecule has 2 heteroatoms. The van der Waals surface area contributed by atoms with E-state index in [2.05, 4.69) is 27.7 Å². The maximum atomic E-state index is 10.5. The molecule has 0 radical (unpaired) electrons. The van der Waals surface area contributed by atoms with Gasteiger partial charge in [0, 0.05) is 16.3 Å². The molecule has 0 aliphatic rings. The number of aromatic hydroxyl groups is 1. The summed E-state index contributed by atoms with van der Waals surface area (Å²) in [6, 6.07) is 9.87. The molecule has 0 unspecified atom stereocenters. The molecule has 2 aromatic carbocycles. The van der Waals surface area contributed by atoms with Gasteiger partial charge in [0.15, 0.2) is 0 Å². The van der Waals surface area contributed by atoms with Crippen molar-refractivity contribution >= 4 is 10.8 Å². The quantitative estimate of drug-likeness (QED) is 0.792. The fourth-order valence-corrected chi connectivity index (χ4v) is 2.34. The van der Waals surface area contributed by atoms with Crippen LogP contribution in [0.5, 0.6) is 11.5 Å². The van der Waals surface area contributed by atoms with E-state index in [4.69, 9.17) is 4.74 Å². The van der Waals surface area contributed by atoms with E-state index in [1.807, 2.05) is 30.3 Å². The minimum atomic E-state index is -0.114. The van der Waals surface area contributed by atoms with Crippen molar-refractivity contribution in [3.63, 3.8) is 0 Å². The van der Waals surface area contributed by atoms with E-state index in [9.17, 15) is 5.11 Å². The van der Waals surface area contributed by atoms with Crippen molar-refractivity contribution in [1.29, 1.82) is 0 Å². The SMILES string of the molecule is CCCCOc1cc(C(C)(C)C)c(O)c2ccccc12. The maximum Gasteiger partial charge on any atom is 0.127 e. The van der Waals surface area contributed by atoms with Crippen LogP contribution in [0.15, 0.2) is 30.3 Å². The summed E-state index contributed by atoms with van der Waals surface area (Å²) >= 11 is 0. The largest absolute Gasteiger partial charge is 0.507 e. The molecule has 0 saturated carbocycles. The Morgan fingerprint density at radius 2 is 1.75 bits per heavy atom. The highest BCUT2D eigenvalue weighted by atomic mass is 16.5. The standard InChI is InChI=1S/C18H24O2/c1-5-6-11-20-16-12-15(18(2,3)4)17(19)14-10-8-7-9-13(14)16/h7-10,12,19H,5-6,11H2,1-4H3. The summed E-state index contributed by atoms with van der Waals surface area (Å²) in [6.07, 6.45) is 2.15. The Balaban J connectivity index is 2.57. The molecule has 0 bridgehead atoms. The summed E-state index contributed by atoms with van der Waals surface area (Å²) in [6.45, 7) is 9.18. The van der Waals surface area contributed by atoms with E-state index in [1.165, 1.54) is 0 Å². The van der Waals surface area contributed by atoms with Gasteiger partial charge in [0.1, 0.15) is 11.5 Å². The Bertz CT molecular complexity index is 594. The van der Waals surface area contributed by atoms with Crippen molar-refractivity contribution in [3.05, 3.63) is 35.9 Å². The van der Waals surface area contributed by atoms with Crippen LogP contribution in [0.4, 0.5) is 0 Å². The topological polar surface area (TPSA) is 29.5 Å². The fourth-order valence-electron chi connectivity index (χ4n) is 2.34. The Hall–Kier alpha value is -1.70. The van der Waals surface area contributed by atoms with Gasteiger partial charge in [0.05, 0.1) is 6.61 Å². The highest BCUT2D eigenvalue weighted by Gasteiger charge is 2.22. The van der Waals surface area contributed by atoms with Gasteiger partial charge in [-0.25, -0.2) is 0 Å². The molecule has 2 aromatic rings. The number of unbranched alkanes of at least 4 members (excludes halogenated alkanes) is 1. The van der Waals surface area contributed by atoms with E-state index in [-0.39, 0.29) is 5.41 Å². The lowest BCUT2D eigenvalue weighted by Crippen LogP contribution is -2.12. The van der Waals surface area contributed by atoms with Crippen LogP contribution >= 0.6 is 0 Å². The molecular weight excluding hydrogens is 248 g/mol. The molecule has 20 heavy (non-hydrogen) atoms. The number of benzene rings is 2. The van der Waals surface area contributed by atoms with Crippen LogP contribution in [0.3, 0.4) is 0 Å². The predicted octanol–water partition coefficient (Wildman–Crippen LogP) is 5.02.